The summed E-state index contributed by atoms with van der Waals surface area (Å²) >= 11 is 0. The third kappa shape index (κ3) is 1.05. The summed E-state index contributed by atoms with van der Waals surface area (Å²) in [5, 5.41) is 0. The molecule has 1 aliphatic carbocycles. The van der Waals surface area contributed by atoms with Gasteiger partial charge in [0.25, 0.3) is 0 Å². The first-order valence-electron chi connectivity index (χ1n) is 4.27. The number of ether oxygens (including phenoxy) is 1. The smallest absolute Gasteiger partial charge is 0.101 e. The van der Waals surface area contributed by atoms with E-state index < -0.39 is 0 Å². The van der Waals surface area contributed by atoms with Crippen LogP contribution in [-0.4, -0.2) is 6.10 Å². The molecule has 0 aromatic carbocycles. The Morgan fingerprint density at radius 1 is 1.20 bits per heavy atom. The molecule has 1 aliphatic heterocycles. The molecule has 0 bridgehead atoms. The van der Waals surface area contributed by atoms with Crippen LogP contribution in [0.1, 0.15) is 32.1 Å². The molecule has 1 heterocycles. The Kier molecular flexibility index (Phi) is 1.66. The van der Waals surface area contributed by atoms with Crippen molar-refractivity contribution >= 4 is 0 Å². The Morgan fingerprint density at radius 3 is 2.60 bits per heavy atom. The van der Waals surface area contributed by atoms with Crippen molar-refractivity contribution in [3.63, 3.8) is 0 Å². The molecule has 0 saturated heterocycles. The summed E-state index contributed by atoms with van der Waals surface area (Å²) < 4.78 is 5.50. The Balaban J connectivity index is 1.86. The summed E-state index contributed by atoms with van der Waals surface area (Å²) in [5.41, 5.74) is 0. The zero-order valence-electron chi connectivity index (χ0n) is 6.25. The second-order valence-corrected chi connectivity index (χ2v) is 3.31. The lowest BCUT2D eigenvalue weighted by Gasteiger charge is -2.34. The molecule has 0 N–H and O–H groups in total. The van der Waals surface area contributed by atoms with E-state index in [2.05, 4.69) is 6.08 Å². The van der Waals surface area contributed by atoms with Crippen LogP contribution < -0.4 is 0 Å². The van der Waals surface area contributed by atoms with Gasteiger partial charge in [-0.2, -0.15) is 0 Å². The van der Waals surface area contributed by atoms with Gasteiger partial charge >= 0.3 is 0 Å². The minimum absolute atomic E-state index is 0.568. The Labute approximate surface area is 62.1 Å². The summed E-state index contributed by atoms with van der Waals surface area (Å²) in [6, 6.07) is 0. The molecule has 56 valence electrons. The highest BCUT2D eigenvalue weighted by atomic mass is 16.5. The van der Waals surface area contributed by atoms with Crippen molar-refractivity contribution in [1.82, 2.24) is 0 Å². The fraction of sp³-hybridized carbons (Fsp3) is 0.778. The second-order valence-electron chi connectivity index (χ2n) is 3.31. The maximum atomic E-state index is 5.50. The molecule has 1 unspecified atom stereocenters. The number of rotatable bonds is 1. The van der Waals surface area contributed by atoms with E-state index in [-0.39, 0.29) is 0 Å². The molecule has 10 heavy (non-hydrogen) atoms. The van der Waals surface area contributed by atoms with E-state index in [4.69, 9.17) is 4.74 Å². The van der Waals surface area contributed by atoms with Crippen molar-refractivity contribution in [3.05, 3.63) is 12.3 Å². The number of allylic oxidation sites excluding steroid dienone is 1. The Morgan fingerprint density at radius 2 is 2.10 bits per heavy atom. The molecule has 2 aliphatic rings. The van der Waals surface area contributed by atoms with Gasteiger partial charge in [-0.25, -0.2) is 0 Å². The highest BCUT2D eigenvalue weighted by Crippen LogP contribution is 2.34. The predicted octanol–water partition coefficient (Wildman–Crippen LogP) is 2.48. The van der Waals surface area contributed by atoms with Crippen LogP contribution in [0.25, 0.3) is 0 Å². The van der Waals surface area contributed by atoms with Crippen molar-refractivity contribution in [2.24, 2.45) is 5.92 Å². The zero-order valence-corrected chi connectivity index (χ0v) is 6.25. The molecule has 2 rings (SSSR count). The van der Waals surface area contributed by atoms with Crippen molar-refractivity contribution in [2.75, 3.05) is 0 Å². The molecule has 1 nitrogen and oxygen atoms in total. The van der Waals surface area contributed by atoms with Gasteiger partial charge in [-0.05, 0) is 37.7 Å². The van der Waals surface area contributed by atoms with Gasteiger partial charge in [0.05, 0.1) is 6.26 Å². The average Bonchev–Trinajstić information content (AvgIpc) is 1.86. The fourth-order valence-corrected chi connectivity index (χ4v) is 1.71. The summed E-state index contributed by atoms with van der Waals surface area (Å²) in [4.78, 5) is 0. The molecular weight excluding hydrogens is 124 g/mol. The lowest BCUT2D eigenvalue weighted by atomic mass is 9.79. The summed E-state index contributed by atoms with van der Waals surface area (Å²) in [6.07, 6.45) is 11.3. The van der Waals surface area contributed by atoms with Crippen molar-refractivity contribution in [3.8, 4) is 0 Å². The maximum absolute atomic E-state index is 5.50. The van der Waals surface area contributed by atoms with Gasteiger partial charge in [-0.3, -0.25) is 0 Å². The van der Waals surface area contributed by atoms with E-state index >= 15 is 0 Å². The first-order valence-corrected chi connectivity index (χ1v) is 4.27. The van der Waals surface area contributed by atoms with Crippen LogP contribution in [0, 0.1) is 5.92 Å². The van der Waals surface area contributed by atoms with Gasteiger partial charge in [0.1, 0.15) is 6.10 Å². The zero-order chi connectivity index (χ0) is 6.81. The van der Waals surface area contributed by atoms with Crippen LogP contribution in [-0.2, 0) is 4.74 Å². The molecule has 0 aromatic rings. The van der Waals surface area contributed by atoms with Crippen LogP contribution in [0.15, 0.2) is 12.3 Å². The fourth-order valence-electron chi connectivity index (χ4n) is 1.71. The maximum Gasteiger partial charge on any atom is 0.101 e. The average molecular weight is 138 g/mol. The van der Waals surface area contributed by atoms with Gasteiger partial charge < -0.3 is 4.74 Å². The van der Waals surface area contributed by atoms with E-state index in [0.29, 0.717) is 6.10 Å². The van der Waals surface area contributed by atoms with E-state index in [1.807, 2.05) is 6.26 Å². The van der Waals surface area contributed by atoms with E-state index in [0.717, 1.165) is 5.92 Å². The Bertz CT molecular complexity index is 136. The molecule has 0 aromatic heterocycles. The molecule has 0 amide bonds. The summed E-state index contributed by atoms with van der Waals surface area (Å²) in [5.74, 6) is 0.893. The van der Waals surface area contributed by atoms with Crippen molar-refractivity contribution < 1.29 is 4.74 Å². The van der Waals surface area contributed by atoms with Gasteiger partial charge in [-0.15, -0.1) is 0 Å². The predicted molar refractivity (Wildman–Crippen MR) is 40.6 cm³/mol. The van der Waals surface area contributed by atoms with Gasteiger partial charge in [0.15, 0.2) is 0 Å². The van der Waals surface area contributed by atoms with E-state index in [1.54, 1.807) is 0 Å². The molecule has 1 heteroatoms. The SMILES string of the molecule is C1=COC(C2CCC2)CC1. The third-order valence-corrected chi connectivity index (χ3v) is 2.64. The second kappa shape index (κ2) is 2.65. The van der Waals surface area contributed by atoms with Gasteiger partial charge in [0.2, 0.25) is 0 Å². The largest absolute Gasteiger partial charge is 0.498 e. The van der Waals surface area contributed by atoms with Crippen LogP contribution >= 0.6 is 0 Å². The summed E-state index contributed by atoms with van der Waals surface area (Å²) in [7, 11) is 0. The lowest BCUT2D eigenvalue weighted by molar-refractivity contribution is 0.0327. The van der Waals surface area contributed by atoms with Gasteiger partial charge in [-0.1, -0.05) is 6.42 Å². The Hall–Kier alpha value is -0.460. The van der Waals surface area contributed by atoms with Crippen molar-refractivity contribution in [1.29, 1.82) is 0 Å². The highest BCUT2D eigenvalue weighted by Gasteiger charge is 2.28. The third-order valence-electron chi connectivity index (χ3n) is 2.64. The monoisotopic (exact) mass is 138 g/mol. The molecule has 0 radical (unpaired) electrons. The van der Waals surface area contributed by atoms with Crippen LogP contribution in [0.5, 0.6) is 0 Å². The topological polar surface area (TPSA) is 9.23 Å². The lowest BCUT2D eigenvalue weighted by Crippen LogP contribution is -2.29. The minimum Gasteiger partial charge on any atom is -0.498 e. The molecule has 1 saturated carbocycles. The molecule has 1 atom stereocenters. The van der Waals surface area contributed by atoms with Crippen molar-refractivity contribution in [2.45, 2.75) is 38.2 Å². The molecule has 0 spiro atoms. The van der Waals surface area contributed by atoms with Gasteiger partial charge in [0, 0.05) is 0 Å². The quantitative estimate of drug-likeness (QED) is 0.541. The molecular formula is C9H14O. The normalized spacial score (nSPS) is 33.0. The van der Waals surface area contributed by atoms with E-state index in [1.165, 1.54) is 32.1 Å². The summed E-state index contributed by atoms with van der Waals surface area (Å²) in [6.45, 7) is 0. The van der Waals surface area contributed by atoms with Crippen LogP contribution in [0.2, 0.25) is 0 Å². The first-order chi connectivity index (χ1) is 4.97. The van der Waals surface area contributed by atoms with Crippen LogP contribution in [0.3, 0.4) is 0 Å². The van der Waals surface area contributed by atoms with E-state index in [9.17, 15) is 0 Å². The highest BCUT2D eigenvalue weighted by molar-refractivity contribution is 4.87. The minimum atomic E-state index is 0.568. The number of hydrogen-bond donors (Lipinski definition) is 0. The van der Waals surface area contributed by atoms with Crippen LogP contribution in [0.4, 0.5) is 0 Å². The first kappa shape index (κ1) is 6.26. The number of hydrogen-bond acceptors (Lipinski definition) is 1. The standard InChI is InChI=1S/C9H14O/c1-2-7-10-9(6-1)8-4-3-5-8/h2,7-9H,1,3-6H2. The molecule has 1 fully saturated rings.